The van der Waals surface area contributed by atoms with Gasteiger partial charge in [0.25, 0.3) is 16.8 Å². The molecule has 1 heterocycles. The lowest BCUT2D eigenvalue weighted by atomic mass is 10.1. The first-order valence-corrected chi connectivity index (χ1v) is 6.85. The van der Waals surface area contributed by atoms with Crippen LogP contribution in [0.25, 0.3) is 0 Å². The van der Waals surface area contributed by atoms with E-state index in [2.05, 4.69) is 23.0 Å². The highest BCUT2D eigenvalue weighted by atomic mass is 32.1. The molecule has 22 heavy (non-hydrogen) atoms. The Morgan fingerprint density at radius 2 is 2.09 bits per heavy atom. The normalized spacial score (nSPS) is 13.4. The number of hydrogen-bond donors (Lipinski definition) is 3. The molecule has 0 spiro atoms. The zero-order chi connectivity index (χ0) is 16.2. The van der Waals surface area contributed by atoms with Gasteiger partial charge in [-0.2, -0.15) is 5.10 Å². The number of nitrogens with zero attached hydrogens (tertiary/aromatic N) is 2. The van der Waals surface area contributed by atoms with E-state index < -0.39 is 16.8 Å². The van der Waals surface area contributed by atoms with Crippen LogP contribution in [0.2, 0.25) is 0 Å². The smallest absolute Gasteiger partial charge is 0.276 e. The van der Waals surface area contributed by atoms with Crippen molar-refractivity contribution < 1.29 is 14.3 Å². The second-order valence-electron chi connectivity index (χ2n) is 4.57. The van der Waals surface area contributed by atoms with E-state index in [-0.39, 0.29) is 0 Å². The molecular weight excluding hydrogens is 304 g/mol. The van der Waals surface area contributed by atoms with Crippen LogP contribution < -0.4 is 11.1 Å². The molecule has 1 aromatic carbocycles. The van der Waals surface area contributed by atoms with E-state index in [4.69, 9.17) is 10.5 Å². The molecule has 0 aliphatic carbocycles. The van der Waals surface area contributed by atoms with E-state index in [1.54, 1.807) is 37.4 Å². The first kappa shape index (κ1) is 16.1. The van der Waals surface area contributed by atoms with Gasteiger partial charge in [0.1, 0.15) is 0 Å². The van der Waals surface area contributed by atoms with Crippen LogP contribution in [0.3, 0.4) is 0 Å². The second-order valence-corrected chi connectivity index (χ2v) is 5.22. The van der Waals surface area contributed by atoms with Crippen molar-refractivity contribution in [2.75, 3.05) is 7.11 Å². The Labute approximate surface area is 132 Å². The van der Waals surface area contributed by atoms with Crippen LogP contribution in [0.5, 0.6) is 0 Å². The summed E-state index contributed by atoms with van der Waals surface area (Å²) < 4.78 is 6.18. The van der Waals surface area contributed by atoms with Crippen molar-refractivity contribution in [1.82, 2.24) is 15.1 Å². The maximum Gasteiger partial charge on any atom is 0.276 e. The van der Waals surface area contributed by atoms with Gasteiger partial charge in [0.05, 0.1) is 6.61 Å². The number of aromatic nitrogens is 2. The Morgan fingerprint density at radius 1 is 1.41 bits per heavy atom. The summed E-state index contributed by atoms with van der Waals surface area (Å²) in [5.41, 5.74) is 6.64. The number of nitrogens with two attached hydrogens (primary N) is 1. The molecule has 0 aliphatic heterocycles. The van der Waals surface area contributed by atoms with Crippen molar-refractivity contribution in [2.24, 2.45) is 5.73 Å². The van der Waals surface area contributed by atoms with Crippen molar-refractivity contribution in [3.8, 4) is 0 Å². The molecule has 0 saturated carbocycles. The third kappa shape index (κ3) is 3.29. The van der Waals surface area contributed by atoms with Crippen molar-refractivity contribution in [3.63, 3.8) is 0 Å². The van der Waals surface area contributed by atoms with Crippen LogP contribution in [0.4, 0.5) is 0 Å². The van der Waals surface area contributed by atoms with Crippen LogP contribution in [0.1, 0.15) is 15.9 Å². The van der Waals surface area contributed by atoms with Gasteiger partial charge in [-0.05, 0) is 23.8 Å². The number of primary amides is 1. The Morgan fingerprint density at radius 3 is 2.59 bits per heavy atom. The van der Waals surface area contributed by atoms with Gasteiger partial charge in [-0.3, -0.25) is 9.59 Å². The maximum absolute atomic E-state index is 12.3. The molecule has 0 saturated heterocycles. The van der Waals surface area contributed by atoms with Crippen LogP contribution >= 0.6 is 12.6 Å². The number of ether oxygens (including phenoxy) is 1. The standard InChI is InChI=1S/C14H16N4O3S/c1-21-9-10-3-5-11(6-4-10)12(19)17-14(22,13(15)20)18-8-2-7-16-18/h2-8,22H,9H2,1H3,(H2,15,20)(H,17,19). The predicted octanol–water partition coefficient (Wildman–Crippen LogP) is 0.485. The molecule has 3 N–H and O–H groups in total. The van der Waals surface area contributed by atoms with Gasteiger partial charge in [0, 0.05) is 25.1 Å². The second kappa shape index (κ2) is 6.63. The minimum atomic E-state index is -1.74. The van der Waals surface area contributed by atoms with Crippen molar-refractivity contribution >= 4 is 24.4 Å². The first-order chi connectivity index (χ1) is 10.5. The minimum Gasteiger partial charge on any atom is -0.380 e. The van der Waals surface area contributed by atoms with Crippen molar-refractivity contribution in [1.29, 1.82) is 0 Å². The lowest BCUT2D eigenvalue weighted by Crippen LogP contribution is -2.55. The van der Waals surface area contributed by atoms with E-state index in [9.17, 15) is 9.59 Å². The molecule has 0 bridgehead atoms. The minimum absolute atomic E-state index is 0.367. The van der Waals surface area contributed by atoms with Gasteiger partial charge in [-0.15, -0.1) is 12.6 Å². The molecule has 8 heteroatoms. The van der Waals surface area contributed by atoms with E-state index >= 15 is 0 Å². The largest absolute Gasteiger partial charge is 0.380 e. The van der Waals surface area contributed by atoms with E-state index in [0.717, 1.165) is 5.56 Å². The zero-order valence-electron chi connectivity index (χ0n) is 11.9. The SMILES string of the molecule is COCc1ccc(C(=O)NC(S)(C(N)=O)n2cccn2)cc1. The van der Waals surface area contributed by atoms with Gasteiger partial charge < -0.3 is 15.8 Å². The summed E-state index contributed by atoms with van der Waals surface area (Å²) in [5.74, 6) is -1.34. The Hall–Kier alpha value is -2.32. The molecule has 0 radical (unpaired) electrons. The van der Waals surface area contributed by atoms with Crippen LogP contribution in [0, 0.1) is 0 Å². The fourth-order valence-corrected chi connectivity index (χ4v) is 2.06. The van der Waals surface area contributed by atoms with Gasteiger partial charge in [-0.1, -0.05) is 12.1 Å². The van der Waals surface area contributed by atoms with E-state index in [1.807, 2.05) is 0 Å². The summed E-state index contributed by atoms with van der Waals surface area (Å²) in [6.07, 6.45) is 2.94. The molecule has 116 valence electrons. The molecule has 1 aromatic heterocycles. The number of rotatable bonds is 6. The molecule has 2 aromatic rings. The van der Waals surface area contributed by atoms with Crippen molar-refractivity contribution in [3.05, 3.63) is 53.9 Å². The lowest BCUT2D eigenvalue weighted by molar-refractivity contribution is -0.123. The molecule has 0 fully saturated rings. The number of hydrogen-bond acceptors (Lipinski definition) is 5. The van der Waals surface area contributed by atoms with Crippen LogP contribution in [0.15, 0.2) is 42.7 Å². The van der Waals surface area contributed by atoms with Crippen molar-refractivity contribution in [2.45, 2.75) is 11.6 Å². The molecular formula is C14H16N4O3S. The first-order valence-electron chi connectivity index (χ1n) is 6.40. The highest BCUT2D eigenvalue weighted by Crippen LogP contribution is 2.17. The molecule has 1 unspecified atom stereocenters. The van der Waals surface area contributed by atoms with Gasteiger partial charge in [0.2, 0.25) is 0 Å². The summed E-state index contributed by atoms with van der Waals surface area (Å²) in [5, 5.41) is 6.39. The van der Waals surface area contributed by atoms with E-state index in [0.29, 0.717) is 12.2 Å². The van der Waals surface area contributed by atoms with Gasteiger partial charge in [0.15, 0.2) is 0 Å². The zero-order valence-corrected chi connectivity index (χ0v) is 12.8. The quantitative estimate of drug-likeness (QED) is 0.532. The highest BCUT2D eigenvalue weighted by Gasteiger charge is 2.37. The molecule has 2 amide bonds. The number of amides is 2. The molecule has 7 nitrogen and oxygen atoms in total. The Bertz CT molecular complexity index is 657. The molecule has 0 aliphatic rings. The van der Waals surface area contributed by atoms with Gasteiger partial charge in [-0.25, -0.2) is 4.68 Å². The summed E-state index contributed by atoms with van der Waals surface area (Å²) >= 11 is 4.19. The number of benzene rings is 1. The summed E-state index contributed by atoms with van der Waals surface area (Å²) in [6.45, 7) is 0.451. The number of methoxy groups -OCH3 is 1. The van der Waals surface area contributed by atoms with Gasteiger partial charge >= 0.3 is 0 Å². The monoisotopic (exact) mass is 320 g/mol. The Balaban J connectivity index is 2.20. The van der Waals surface area contributed by atoms with Crippen LogP contribution in [-0.2, 0) is 21.1 Å². The summed E-state index contributed by atoms with van der Waals surface area (Å²) in [4.78, 5) is 22.2. The Kier molecular flexibility index (Phi) is 4.84. The maximum atomic E-state index is 12.3. The number of carbonyl (C=O) groups is 2. The number of thiol groups is 1. The lowest BCUT2D eigenvalue weighted by Gasteiger charge is -2.26. The third-order valence-electron chi connectivity index (χ3n) is 2.99. The topological polar surface area (TPSA) is 99.2 Å². The highest BCUT2D eigenvalue weighted by molar-refractivity contribution is 7.82. The third-order valence-corrected chi connectivity index (χ3v) is 3.53. The molecule has 2 rings (SSSR count). The average Bonchev–Trinajstić information content (AvgIpc) is 3.02. The molecule has 1 atom stereocenters. The fourth-order valence-electron chi connectivity index (χ4n) is 1.84. The van der Waals surface area contributed by atoms with Crippen LogP contribution in [-0.4, -0.2) is 28.7 Å². The fraction of sp³-hybridized carbons (Fsp3) is 0.214. The summed E-state index contributed by atoms with van der Waals surface area (Å²) in [7, 11) is 1.59. The number of nitrogens with one attached hydrogen (secondary N) is 1. The average molecular weight is 320 g/mol. The predicted molar refractivity (Wildman–Crippen MR) is 83.0 cm³/mol. The summed E-state index contributed by atoms with van der Waals surface area (Å²) in [6, 6.07) is 8.37. The number of carbonyl (C=O) groups excluding carboxylic acids is 2. The van der Waals surface area contributed by atoms with E-state index in [1.165, 1.54) is 17.1 Å².